The number of nitrogens with one attached hydrogen (secondary N) is 2. The van der Waals surface area contributed by atoms with Crippen molar-refractivity contribution in [1.82, 2.24) is 5.32 Å². The molecule has 8 heteroatoms. The topological polar surface area (TPSA) is 122 Å². The van der Waals surface area contributed by atoms with Gasteiger partial charge in [-0.05, 0) is 19.4 Å². The van der Waals surface area contributed by atoms with Crippen molar-refractivity contribution >= 4 is 23.2 Å². The van der Waals surface area contributed by atoms with Gasteiger partial charge in [-0.2, -0.15) is 0 Å². The molecule has 0 saturated heterocycles. The van der Waals surface area contributed by atoms with Crippen molar-refractivity contribution in [3.05, 3.63) is 33.9 Å². The molecule has 0 aromatic heterocycles. The molecule has 3 N–H and O–H groups in total. The van der Waals surface area contributed by atoms with Gasteiger partial charge < -0.3 is 15.7 Å². The van der Waals surface area contributed by atoms with Crippen molar-refractivity contribution in [2.24, 2.45) is 0 Å². The maximum atomic E-state index is 11.6. The molecule has 0 aliphatic rings. The van der Waals surface area contributed by atoms with Gasteiger partial charge >= 0.3 is 11.8 Å². The highest BCUT2D eigenvalue weighted by Gasteiger charge is 2.16. The van der Waals surface area contributed by atoms with Gasteiger partial charge in [0.2, 0.25) is 0 Å². The standard InChI is InChI=1S/C12H15N3O5/c1-7-3-4-9(15(19)20)5-10(7)14-12(18)11(17)13-6-8(2)16/h3-5,8,16H,6H2,1-2H3,(H,13,17)(H,14,18)/t8-/m0/s1. The molecule has 1 atom stereocenters. The Morgan fingerprint density at radius 3 is 2.60 bits per heavy atom. The maximum Gasteiger partial charge on any atom is 0.313 e. The van der Waals surface area contributed by atoms with Crippen LogP contribution >= 0.6 is 0 Å². The monoisotopic (exact) mass is 281 g/mol. The third-order valence-corrected chi connectivity index (χ3v) is 2.44. The summed E-state index contributed by atoms with van der Waals surface area (Å²) in [5, 5.41) is 24.2. The zero-order valence-corrected chi connectivity index (χ0v) is 11.0. The van der Waals surface area contributed by atoms with Crippen LogP contribution in [0.3, 0.4) is 0 Å². The first-order valence-corrected chi connectivity index (χ1v) is 5.83. The second-order valence-electron chi connectivity index (χ2n) is 4.27. The van der Waals surface area contributed by atoms with Gasteiger partial charge in [-0.1, -0.05) is 6.07 Å². The minimum atomic E-state index is -0.950. The van der Waals surface area contributed by atoms with Crippen LogP contribution in [0, 0.1) is 17.0 Å². The summed E-state index contributed by atoms with van der Waals surface area (Å²) in [7, 11) is 0. The molecule has 20 heavy (non-hydrogen) atoms. The second-order valence-corrected chi connectivity index (χ2v) is 4.27. The van der Waals surface area contributed by atoms with Crippen molar-refractivity contribution in [3.63, 3.8) is 0 Å². The van der Waals surface area contributed by atoms with Gasteiger partial charge in [-0.25, -0.2) is 0 Å². The van der Waals surface area contributed by atoms with E-state index in [0.717, 1.165) is 0 Å². The van der Waals surface area contributed by atoms with Gasteiger partial charge in [0.1, 0.15) is 0 Å². The Labute approximate surface area is 114 Å². The van der Waals surface area contributed by atoms with Crippen LogP contribution in [0.1, 0.15) is 12.5 Å². The number of carbonyl (C=O) groups is 2. The number of rotatable bonds is 4. The first kappa shape index (κ1) is 15.6. The molecule has 0 aliphatic carbocycles. The first-order chi connectivity index (χ1) is 9.31. The molecule has 108 valence electrons. The molecule has 0 heterocycles. The molecule has 0 fully saturated rings. The van der Waals surface area contributed by atoms with Crippen LogP contribution in [0.15, 0.2) is 18.2 Å². The smallest absolute Gasteiger partial charge is 0.313 e. The number of aryl methyl sites for hydroxylation is 1. The quantitative estimate of drug-likeness (QED) is 0.417. The van der Waals surface area contributed by atoms with E-state index >= 15 is 0 Å². The van der Waals surface area contributed by atoms with Gasteiger partial charge in [0.15, 0.2) is 0 Å². The lowest BCUT2D eigenvalue weighted by Gasteiger charge is -2.09. The van der Waals surface area contributed by atoms with Crippen molar-refractivity contribution < 1.29 is 19.6 Å². The van der Waals surface area contributed by atoms with E-state index in [1.807, 2.05) is 0 Å². The zero-order chi connectivity index (χ0) is 15.3. The number of amides is 2. The number of anilines is 1. The zero-order valence-electron chi connectivity index (χ0n) is 11.0. The molecule has 0 bridgehead atoms. The van der Waals surface area contributed by atoms with Crippen LogP contribution in [-0.4, -0.2) is 34.5 Å². The van der Waals surface area contributed by atoms with E-state index in [0.29, 0.717) is 5.56 Å². The van der Waals surface area contributed by atoms with Gasteiger partial charge in [0, 0.05) is 18.7 Å². The Bertz CT molecular complexity index is 542. The largest absolute Gasteiger partial charge is 0.392 e. The van der Waals surface area contributed by atoms with Crippen LogP contribution in [0.5, 0.6) is 0 Å². The minimum absolute atomic E-state index is 0.0554. The highest BCUT2D eigenvalue weighted by atomic mass is 16.6. The molecule has 8 nitrogen and oxygen atoms in total. The number of nitrogens with zero attached hydrogens (tertiary/aromatic N) is 1. The minimum Gasteiger partial charge on any atom is -0.392 e. The maximum absolute atomic E-state index is 11.6. The average Bonchev–Trinajstić information content (AvgIpc) is 2.37. The number of carbonyl (C=O) groups excluding carboxylic acids is 2. The molecule has 0 aliphatic heterocycles. The summed E-state index contributed by atoms with van der Waals surface area (Å²) in [5.74, 6) is -1.87. The van der Waals surface area contributed by atoms with Crippen molar-refractivity contribution in [1.29, 1.82) is 0 Å². The first-order valence-electron chi connectivity index (χ1n) is 5.83. The Morgan fingerprint density at radius 1 is 1.40 bits per heavy atom. The number of aliphatic hydroxyl groups is 1. The van der Waals surface area contributed by atoms with Crippen LogP contribution in [-0.2, 0) is 9.59 Å². The van der Waals surface area contributed by atoms with E-state index in [4.69, 9.17) is 5.11 Å². The van der Waals surface area contributed by atoms with E-state index in [1.165, 1.54) is 25.1 Å². The van der Waals surface area contributed by atoms with Gasteiger partial charge in [-0.3, -0.25) is 19.7 Å². The van der Waals surface area contributed by atoms with E-state index < -0.39 is 22.8 Å². The van der Waals surface area contributed by atoms with Crippen molar-refractivity contribution in [2.75, 3.05) is 11.9 Å². The summed E-state index contributed by atoms with van der Waals surface area (Å²) >= 11 is 0. The summed E-state index contributed by atoms with van der Waals surface area (Å²) in [6.07, 6.45) is -0.772. The second kappa shape index (κ2) is 6.62. The highest BCUT2D eigenvalue weighted by molar-refractivity contribution is 6.39. The normalized spacial score (nSPS) is 11.6. The van der Waals surface area contributed by atoms with E-state index in [2.05, 4.69) is 10.6 Å². The molecule has 0 unspecified atom stereocenters. The molecule has 0 spiro atoms. The number of benzene rings is 1. The number of aliphatic hydroxyl groups excluding tert-OH is 1. The third-order valence-electron chi connectivity index (χ3n) is 2.44. The molecule has 1 rings (SSSR count). The number of hydrogen-bond acceptors (Lipinski definition) is 5. The fourth-order valence-electron chi connectivity index (χ4n) is 1.36. The van der Waals surface area contributed by atoms with Gasteiger partial charge in [-0.15, -0.1) is 0 Å². The van der Waals surface area contributed by atoms with Crippen LogP contribution < -0.4 is 10.6 Å². The molecule has 0 saturated carbocycles. The van der Waals surface area contributed by atoms with Crippen LogP contribution in [0.4, 0.5) is 11.4 Å². The van der Waals surface area contributed by atoms with Gasteiger partial charge in [0.05, 0.1) is 16.7 Å². The highest BCUT2D eigenvalue weighted by Crippen LogP contribution is 2.21. The van der Waals surface area contributed by atoms with E-state index in [1.54, 1.807) is 6.92 Å². The third kappa shape index (κ3) is 4.32. The summed E-state index contributed by atoms with van der Waals surface area (Å²) in [5.41, 5.74) is 0.596. The summed E-state index contributed by atoms with van der Waals surface area (Å²) in [6.45, 7) is 3.05. The van der Waals surface area contributed by atoms with Crippen LogP contribution in [0.25, 0.3) is 0 Å². The Morgan fingerprint density at radius 2 is 2.05 bits per heavy atom. The lowest BCUT2D eigenvalue weighted by Crippen LogP contribution is -2.38. The molecule has 1 aromatic carbocycles. The van der Waals surface area contributed by atoms with Crippen molar-refractivity contribution in [2.45, 2.75) is 20.0 Å². The molecule has 2 amide bonds. The predicted octanol–water partition coefficient (Wildman–Crippen LogP) is 0.339. The fraction of sp³-hybridized carbons (Fsp3) is 0.333. The molecule has 1 aromatic rings. The molecule has 0 radical (unpaired) electrons. The van der Waals surface area contributed by atoms with E-state index in [9.17, 15) is 19.7 Å². The van der Waals surface area contributed by atoms with Gasteiger partial charge in [0.25, 0.3) is 5.69 Å². The van der Waals surface area contributed by atoms with E-state index in [-0.39, 0.29) is 17.9 Å². The fourth-order valence-corrected chi connectivity index (χ4v) is 1.36. The lowest BCUT2D eigenvalue weighted by atomic mass is 10.2. The molecular formula is C12H15N3O5. The average molecular weight is 281 g/mol. The van der Waals surface area contributed by atoms with Crippen LogP contribution in [0.2, 0.25) is 0 Å². The Balaban J connectivity index is 2.77. The predicted molar refractivity (Wildman–Crippen MR) is 71.2 cm³/mol. The summed E-state index contributed by atoms with van der Waals surface area (Å²) < 4.78 is 0. The number of nitro groups is 1. The Hall–Kier alpha value is -2.48. The van der Waals surface area contributed by atoms with Crippen molar-refractivity contribution in [3.8, 4) is 0 Å². The summed E-state index contributed by atoms with van der Waals surface area (Å²) in [6, 6.07) is 3.95. The number of nitro benzene ring substituents is 1. The SMILES string of the molecule is Cc1ccc([N+](=O)[O-])cc1NC(=O)C(=O)NC[C@H](C)O. The summed E-state index contributed by atoms with van der Waals surface area (Å²) in [4.78, 5) is 33.1. The lowest BCUT2D eigenvalue weighted by molar-refractivity contribution is -0.384. The number of hydrogen-bond donors (Lipinski definition) is 3. The Kier molecular flexibility index (Phi) is 5.15. The molecular weight excluding hydrogens is 266 g/mol. The number of non-ortho nitro benzene ring substituents is 1.